The molecule has 1 amide bonds. The van der Waals surface area contributed by atoms with Crippen molar-refractivity contribution in [2.75, 3.05) is 10.6 Å². The van der Waals surface area contributed by atoms with E-state index in [0.717, 1.165) is 22.5 Å². The van der Waals surface area contributed by atoms with Crippen LogP contribution in [0.15, 0.2) is 60.9 Å². The zero-order chi connectivity index (χ0) is 18.5. The number of nitrogens with one attached hydrogen (secondary N) is 2. The van der Waals surface area contributed by atoms with Gasteiger partial charge in [-0.3, -0.25) is 4.79 Å². The van der Waals surface area contributed by atoms with E-state index in [1.165, 1.54) is 12.4 Å². The molecule has 0 saturated heterocycles. The SMILES string of the molecule is Cc1cccc(C(C)C)c1NC(=O)c1cnc(Nc2ccccc2)nc1. The first-order chi connectivity index (χ1) is 12.5. The maximum atomic E-state index is 12.6. The molecule has 0 radical (unpaired) electrons. The molecule has 3 rings (SSSR count). The van der Waals surface area contributed by atoms with Gasteiger partial charge in [-0.05, 0) is 36.1 Å². The second kappa shape index (κ2) is 7.78. The minimum Gasteiger partial charge on any atom is -0.324 e. The molecular formula is C21H22N4O. The number of carbonyl (C=O) groups excluding carboxylic acids is 1. The Hall–Kier alpha value is -3.21. The first-order valence-electron chi connectivity index (χ1n) is 8.59. The largest absolute Gasteiger partial charge is 0.324 e. The Morgan fingerprint density at radius 1 is 0.962 bits per heavy atom. The van der Waals surface area contributed by atoms with Crippen LogP contribution in [0.3, 0.4) is 0 Å². The first kappa shape index (κ1) is 17.6. The summed E-state index contributed by atoms with van der Waals surface area (Å²) < 4.78 is 0. The van der Waals surface area contributed by atoms with E-state index in [-0.39, 0.29) is 5.91 Å². The van der Waals surface area contributed by atoms with Gasteiger partial charge in [0, 0.05) is 23.8 Å². The van der Waals surface area contributed by atoms with Crippen LogP contribution in [0.4, 0.5) is 17.3 Å². The van der Waals surface area contributed by atoms with Gasteiger partial charge >= 0.3 is 0 Å². The van der Waals surface area contributed by atoms with Gasteiger partial charge in [-0.1, -0.05) is 50.2 Å². The molecule has 1 aromatic heterocycles. The molecule has 26 heavy (non-hydrogen) atoms. The molecule has 0 aliphatic carbocycles. The summed E-state index contributed by atoms with van der Waals surface area (Å²) in [5, 5.41) is 6.11. The fourth-order valence-corrected chi connectivity index (χ4v) is 2.69. The summed E-state index contributed by atoms with van der Waals surface area (Å²) in [4.78, 5) is 21.1. The molecule has 0 fully saturated rings. The van der Waals surface area contributed by atoms with Gasteiger partial charge in [0.1, 0.15) is 0 Å². The molecule has 0 aliphatic rings. The molecule has 0 bridgehead atoms. The highest BCUT2D eigenvalue weighted by atomic mass is 16.1. The normalized spacial score (nSPS) is 10.6. The number of benzene rings is 2. The highest BCUT2D eigenvalue weighted by Gasteiger charge is 2.14. The van der Waals surface area contributed by atoms with Crippen molar-refractivity contribution in [1.82, 2.24) is 9.97 Å². The maximum Gasteiger partial charge on any atom is 0.258 e. The van der Waals surface area contributed by atoms with Crippen molar-refractivity contribution >= 4 is 23.2 Å². The molecule has 0 unspecified atom stereocenters. The minimum absolute atomic E-state index is 0.215. The number of aryl methyl sites for hydroxylation is 1. The summed E-state index contributed by atoms with van der Waals surface area (Å²) in [6.45, 7) is 6.21. The number of rotatable bonds is 5. The Kier molecular flexibility index (Phi) is 5.27. The van der Waals surface area contributed by atoms with Gasteiger partial charge in [-0.15, -0.1) is 0 Å². The predicted molar refractivity (Wildman–Crippen MR) is 105 cm³/mol. The van der Waals surface area contributed by atoms with Crippen LogP contribution in [-0.4, -0.2) is 15.9 Å². The fraction of sp³-hybridized carbons (Fsp3) is 0.190. The van der Waals surface area contributed by atoms with E-state index in [1.54, 1.807) is 0 Å². The summed E-state index contributed by atoms with van der Waals surface area (Å²) in [5.74, 6) is 0.554. The van der Waals surface area contributed by atoms with Gasteiger partial charge in [0.25, 0.3) is 5.91 Å². The standard InChI is InChI=1S/C21H22N4O/c1-14(2)18-11-7-8-15(3)19(18)25-20(26)16-12-22-21(23-13-16)24-17-9-5-4-6-10-17/h4-14H,1-3H3,(H,25,26)(H,22,23,24). The fourth-order valence-electron chi connectivity index (χ4n) is 2.69. The number of anilines is 3. The van der Waals surface area contributed by atoms with Crippen LogP contribution in [0.1, 0.15) is 41.3 Å². The average molecular weight is 346 g/mol. The second-order valence-corrected chi connectivity index (χ2v) is 6.43. The van der Waals surface area contributed by atoms with Crippen LogP contribution < -0.4 is 10.6 Å². The molecule has 2 aromatic carbocycles. The highest BCUT2D eigenvalue weighted by Crippen LogP contribution is 2.27. The summed E-state index contributed by atoms with van der Waals surface area (Å²) in [6, 6.07) is 15.7. The van der Waals surface area contributed by atoms with Gasteiger partial charge in [0.2, 0.25) is 5.95 Å². The van der Waals surface area contributed by atoms with E-state index in [9.17, 15) is 4.79 Å². The monoisotopic (exact) mass is 346 g/mol. The maximum absolute atomic E-state index is 12.6. The van der Waals surface area contributed by atoms with Crippen LogP contribution in [0.25, 0.3) is 0 Å². The van der Waals surface area contributed by atoms with Crippen molar-refractivity contribution in [1.29, 1.82) is 0 Å². The van der Waals surface area contributed by atoms with Crippen molar-refractivity contribution in [3.05, 3.63) is 77.6 Å². The molecule has 2 N–H and O–H groups in total. The van der Waals surface area contributed by atoms with E-state index < -0.39 is 0 Å². The number of amides is 1. The van der Waals surface area contributed by atoms with Gasteiger partial charge in [-0.25, -0.2) is 9.97 Å². The Balaban J connectivity index is 1.75. The minimum atomic E-state index is -0.215. The van der Waals surface area contributed by atoms with Crippen LogP contribution in [-0.2, 0) is 0 Å². The molecule has 132 valence electrons. The average Bonchev–Trinajstić information content (AvgIpc) is 2.64. The Morgan fingerprint density at radius 2 is 1.65 bits per heavy atom. The lowest BCUT2D eigenvalue weighted by Gasteiger charge is -2.16. The molecule has 0 saturated carbocycles. The van der Waals surface area contributed by atoms with Crippen molar-refractivity contribution in [2.45, 2.75) is 26.7 Å². The lowest BCUT2D eigenvalue weighted by molar-refractivity contribution is 0.102. The first-order valence-corrected chi connectivity index (χ1v) is 8.59. The van der Waals surface area contributed by atoms with Gasteiger partial charge in [0.15, 0.2) is 0 Å². The molecule has 0 spiro atoms. The number of para-hydroxylation sites is 2. The zero-order valence-electron chi connectivity index (χ0n) is 15.2. The Labute approximate surface area is 153 Å². The van der Waals surface area contributed by atoms with Crippen LogP contribution in [0.5, 0.6) is 0 Å². The van der Waals surface area contributed by atoms with Gasteiger partial charge in [0.05, 0.1) is 5.56 Å². The molecule has 5 heteroatoms. The zero-order valence-corrected chi connectivity index (χ0v) is 15.2. The molecule has 5 nitrogen and oxygen atoms in total. The Morgan fingerprint density at radius 3 is 2.31 bits per heavy atom. The van der Waals surface area contributed by atoms with E-state index in [1.807, 2.05) is 55.5 Å². The van der Waals surface area contributed by atoms with Crippen LogP contribution in [0, 0.1) is 6.92 Å². The topological polar surface area (TPSA) is 66.9 Å². The summed E-state index contributed by atoms with van der Waals surface area (Å²) >= 11 is 0. The molecule has 1 heterocycles. The number of carbonyl (C=O) groups is 1. The Bertz CT molecular complexity index is 890. The van der Waals surface area contributed by atoms with Crippen molar-refractivity contribution in [2.24, 2.45) is 0 Å². The highest BCUT2D eigenvalue weighted by molar-refractivity contribution is 6.04. The number of aromatic nitrogens is 2. The predicted octanol–water partition coefficient (Wildman–Crippen LogP) is 4.90. The van der Waals surface area contributed by atoms with E-state index in [4.69, 9.17) is 0 Å². The van der Waals surface area contributed by atoms with Gasteiger partial charge in [-0.2, -0.15) is 0 Å². The third kappa shape index (κ3) is 4.06. The lowest BCUT2D eigenvalue weighted by atomic mass is 9.98. The second-order valence-electron chi connectivity index (χ2n) is 6.43. The molecule has 0 aliphatic heterocycles. The summed E-state index contributed by atoms with van der Waals surface area (Å²) in [7, 11) is 0. The molecule has 3 aromatic rings. The number of hydrogen-bond donors (Lipinski definition) is 2. The summed E-state index contributed by atoms with van der Waals surface area (Å²) in [5.41, 5.74) is 4.32. The van der Waals surface area contributed by atoms with Crippen molar-refractivity contribution < 1.29 is 4.79 Å². The van der Waals surface area contributed by atoms with Crippen molar-refractivity contribution in [3.63, 3.8) is 0 Å². The molecular weight excluding hydrogens is 324 g/mol. The van der Waals surface area contributed by atoms with E-state index in [0.29, 0.717) is 17.4 Å². The number of hydrogen-bond acceptors (Lipinski definition) is 4. The van der Waals surface area contributed by atoms with E-state index in [2.05, 4.69) is 34.4 Å². The third-order valence-corrected chi connectivity index (χ3v) is 4.11. The smallest absolute Gasteiger partial charge is 0.258 e. The van der Waals surface area contributed by atoms with E-state index >= 15 is 0 Å². The van der Waals surface area contributed by atoms with Crippen LogP contribution >= 0.6 is 0 Å². The van der Waals surface area contributed by atoms with Crippen molar-refractivity contribution in [3.8, 4) is 0 Å². The lowest BCUT2D eigenvalue weighted by Crippen LogP contribution is -2.15. The molecule has 0 atom stereocenters. The quantitative estimate of drug-likeness (QED) is 0.689. The number of nitrogens with zero attached hydrogens (tertiary/aromatic N) is 2. The van der Waals surface area contributed by atoms with Crippen LogP contribution in [0.2, 0.25) is 0 Å². The third-order valence-electron chi connectivity index (χ3n) is 4.11. The van der Waals surface area contributed by atoms with Gasteiger partial charge < -0.3 is 10.6 Å². The summed E-state index contributed by atoms with van der Waals surface area (Å²) in [6.07, 6.45) is 3.06.